The van der Waals surface area contributed by atoms with Crippen LogP contribution in [0.1, 0.15) is 55.6 Å². The highest BCUT2D eigenvalue weighted by molar-refractivity contribution is 6.30. The van der Waals surface area contributed by atoms with Gasteiger partial charge in [0, 0.05) is 30.3 Å². The summed E-state index contributed by atoms with van der Waals surface area (Å²) in [5.41, 5.74) is 3.55. The molecule has 0 saturated heterocycles. The second kappa shape index (κ2) is 9.18. The summed E-state index contributed by atoms with van der Waals surface area (Å²) >= 11 is 5.86. The highest BCUT2D eigenvalue weighted by atomic mass is 35.5. The van der Waals surface area contributed by atoms with Crippen molar-refractivity contribution in [1.82, 2.24) is 14.9 Å². The Hall–Kier alpha value is -2.86. The summed E-state index contributed by atoms with van der Waals surface area (Å²) in [6, 6.07) is 10.2. The topological polar surface area (TPSA) is 56.2 Å². The lowest BCUT2D eigenvalue weighted by Crippen LogP contribution is -2.30. The van der Waals surface area contributed by atoms with Crippen LogP contribution in [0.3, 0.4) is 0 Å². The number of aryl methyl sites for hydroxylation is 2. The lowest BCUT2D eigenvalue weighted by atomic mass is 9.95. The maximum atomic E-state index is 13.4. The molecule has 2 aliphatic rings. The molecule has 5 rings (SSSR count). The number of halogens is 2. The molecular weight excluding hydrogens is 441 g/mol. The predicted molar refractivity (Wildman–Crippen MR) is 126 cm³/mol. The Balaban J connectivity index is 1.37. The van der Waals surface area contributed by atoms with Gasteiger partial charge in [-0.3, -0.25) is 4.79 Å². The molecule has 3 aromatic rings. The minimum Gasteiger partial charge on any atom is -0.490 e. The number of carbonyl (C=O) groups is 1. The maximum absolute atomic E-state index is 13.4. The molecule has 2 aromatic carbocycles. The predicted octanol–water partition coefficient (Wildman–Crippen LogP) is 5.64. The number of carbonyl (C=O) groups excluding carboxylic acids is 1. The minimum atomic E-state index is -0.492. The molecule has 33 heavy (non-hydrogen) atoms. The third-order valence-electron chi connectivity index (χ3n) is 6.50. The van der Waals surface area contributed by atoms with E-state index in [1.807, 2.05) is 19.1 Å². The minimum absolute atomic E-state index is 0.0178. The Labute approximate surface area is 197 Å². The number of rotatable bonds is 7. The number of hydrogen-bond acceptors (Lipinski definition) is 3. The first kappa shape index (κ1) is 22.0. The second-order valence-corrected chi connectivity index (χ2v) is 9.38. The normalized spacial score (nSPS) is 16.2. The van der Waals surface area contributed by atoms with Gasteiger partial charge in [-0.05, 0) is 68.5 Å². The van der Waals surface area contributed by atoms with Crippen molar-refractivity contribution in [2.45, 2.75) is 64.1 Å². The molecule has 1 amide bonds. The standard InChI is InChI=1S/C26H27ClFN3O2/c1-16(29-26(32)13-17-7-9-22(28)21(27)12-17)20-14-18(8-10-24(20)33-19-4-2-5-19)23-15-31-11-3-6-25(31)30-23/h7-10,12,14-16,19H,2-6,11,13H2,1H3,(H,29,32). The SMILES string of the molecule is CC(NC(=O)Cc1ccc(F)c(Cl)c1)c1cc(-c2cn3c(n2)CCC3)ccc1OC1CCC1. The summed E-state index contributed by atoms with van der Waals surface area (Å²) in [6.07, 6.45) is 7.91. The van der Waals surface area contributed by atoms with Gasteiger partial charge in [-0.25, -0.2) is 9.37 Å². The first-order valence-corrected chi connectivity index (χ1v) is 11.9. The molecule has 0 spiro atoms. The molecule has 1 unspecified atom stereocenters. The zero-order valence-electron chi connectivity index (χ0n) is 18.6. The Morgan fingerprint density at radius 1 is 1.27 bits per heavy atom. The molecule has 1 aromatic heterocycles. The summed E-state index contributed by atoms with van der Waals surface area (Å²) in [5.74, 6) is 1.27. The number of fused-ring (bicyclic) bond motifs is 1. The van der Waals surface area contributed by atoms with Crippen LogP contribution in [0.15, 0.2) is 42.6 Å². The van der Waals surface area contributed by atoms with E-state index in [1.54, 1.807) is 6.07 Å². The van der Waals surface area contributed by atoms with Crippen LogP contribution >= 0.6 is 11.6 Å². The zero-order chi connectivity index (χ0) is 22.9. The average molecular weight is 468 g/mol. The van der Waals surface area contributed by atoms with Crippen molar-refractivity contribution in [2.24, 2.45) is 0 Å². The van der Waals surface area contributed by atoms with Crippen LogP contribution < -0.4 is 10.1 Å². The summed E-state index contributed by atoms with van der Waals surface area (Å²) in [5, 5.41) is 3.08. The van der Waals surface area contributed by atoms with E-state index < -0.39 is 5.82 Å². The second-order valence-electron chi connectivity index (χ2n) is 8.98. The highest BCUT2D eigenvalue weighted by Gasteiger charge is 2.23. The van der Waals surface area contributed by atoms with Gasteiger partial charge in [0.15, 0.2) is 0 Å². The summed E-state index contributed by atoms with van der Waals surface area (Å²) in [7, 11) is 0. The number of benzene rings is 2. The molecule has 1 aliphatic carbocycles. The number of nitrogens with zero attached hydrogens (tertiary/aromatic N) is 2. The van der Waals surface area contributed by atoms with Gasteiger partial charge in [-0.2, -0.15) is 0 Å². The van der Waals surface area contributed by atoms with E-state index in [-0.39, 0.29) is 29.5 Å². The maximum Gasteiger partial charge on any atom is 0.224 e. The van der Waals surface area contributed by atoms with E-state index >= 15 is 0 Å². The van der Waals surface area contributed by atoms with Crippen LogP contribution in [0.4, 0.5) is 4.39 Å². The quantitative estimate of drug-likeness (QED) is 0.489. The van der Waals surface area contributed by atoms with Crippen molar-refractivity contribution < 1.29 is 13.9 Å². The molecule has 1 saturated carbocycles. The molecule has 2 heterocycles. The fraction of sp³-hybridized carbons (Fsp3) is 0.385. The van der Waals surface area contributed by atoms with Gasteiger partial charge in [-0.15, -0.1) is 0 Å². The first-order valence-electron chi connectivity index (χ1n) is 11.6. The molecule has 0 bridgehead atoms. The molecule has 1 atom stereocenters. The Bertz CT molecular complexity index is 1170. The summed E-state index contributed by atoms with van der Waals surface area (Å²) in [6.45, 7) is 2.97. The van der Waals surface area contributed by atoms with E-state index in [1.165, 1.54) is 18.6 Å². The Morgan fingerprint density at radius 3 is 2.85 bits per heavy atom. The van der Waals surface area contributed by atoms with Gasteiger partial charge in [0.2, 0.25) is 5.91 Å². The fourth-order valence-corrected chi connectivity index (χ4v) is 4.62. The highest BCUT2D eigenvalue weighted by Crippen LogP contribution is 2.34. The molecule has 1 N–H and O–H groups in total. The molecule has 172 valence electrons. The van der Waals surface area contributed by atoms with Crippen LogP contribution in [0.2, 0.25) is 5.02 Å². The van der Waals surface area contributed by atoms with Gasteiger partial charge >= 0.3 is 0 Å². The van der Waals surface area contributed by atoms with Crippen molar-refractivity contribution in [1.29, 1.82) is 0 Å². The van der Waals surface area contributed by atoms with Crippen LogP contribution in [-0.2, 0) is 24.2 Å². The van der Waals surface area contributed by atoms with E-state index in [4.69, 9.17) is 21.3 Å². The first-order chi connectivity index (χ1) is 16.0. The zero-order valence-corrected chi connectivity index (χ0v) is 19.4. The van der Waals surface area contributed by atoms with E-state index in [0.717, 1.165) is 60.6 Å². The number of hydrogen-bond donors (Lipinski definition) is 1. The van der Waals surface area contributed by atoms with Crippen molar-refractivity contribution in [3.8, 4) is 17.0 Å². The third kappa shape index (κ3) is 4.76. The number of aromatic nitrogens is 2. The van der Waals surface area contributed by atoms with Gasteiger partial charge < -0.3 is 14.6 Å². The average Bonchev–Trinajstić information content (AvgIpc) is 3.36. The summed E-state index contributed by atoms with van der Waals surface area (Å²) < 4.78 is 21.9. The lowest BCUT2D eigenvalue weighted by Gasteiger charge is -2.29. The molecule has 1 fully saturated rings. The van der Waals surface area contributed by atoms with Crippen LogP contribution in [0.5, 0.6) is 5.75 Å². The van der Waals surface area contributed by atoms with E-state index in [2.05, 4.69) is 22.1 Å². The van der Waals surface area contributed by atoms with E-state index in [9.17, 15) is 9.18 Å². The van der Waals surface area contributed by atoms with Crippen molar-refractivity contribution in [2.75, 3.05) is 0 Å². The van der Waals surface area contributed by atoms with Gasteiger partial charge in [0.1, 0.15) is 17.4 Å². The third-order valence-corrected chi connectivity index (χ3v) is 6.79. The molecular formula is C26H27ClFN3O2. The number of ether oxygens (including phenoxy) is 1. The molecule has 7 heteroatoms. The number of imidazole rings is 1. The smallest absolute Gasteiger partial charge is 0.224 e. The number of nitrogens with one attached hydrogen (secondary N) is 1. The fourth-order valence-electron chi connectivity index (χ4n) is 4.42. The van der Waals surface area contributed by atoms with E-state index in [0.29, 0.717) is 5.56 Å². The van der Waals surface area contributed by atoms with Crippen molar-refractivity contribution >= 4 is 17.5 Å². The summed E-state index contributed by atoms with van der Waals surface area (Å²) in [4.78, 5) is 17.5. The Kier molecular flexibility index (Phi) is 6.11. The molecule has 0 radical (unpaired) electrons. The monoisotopic (exact) mass is 467 g/mol. The molecule has 1 aliphatic heterocycles. The van der Waals surface area contributed by atoms with Crippen molar-refractivity contribution in [3.63, 3.8) is 0 Å². The van der Waals surface area contributed by atoms with Gasteiger partial charge in [0.05, 0.1) is 29.3 Å². The largest absolute Gasteiger partial charge is 0.490 e. The van der Waals surface area contributed by atoms with Crippen molar-refractivity contribution in [3.05, 3.63) is 70.4 Å². The lowest BCUT2D eigenvalue weighted by molar-refractivity contribution is -0.121. The molecule has 5 nitrogen and oxygen atoms in total. The van der Waals surface area contributed by atoms with Gasteiger partial charge in [-0.1, -0.05) is 17.7 Å². The number of amides is 1. The van der Waals surface area contributed by atoms with Crippen LogP contribution in [0.25, 0.3) is 11.3 Å². The van der Waals surface area contributed by atoms with Gasteiger partial charge in [0.25, 0.3) is 0 Å². The van der Waals surface area contributed by atoms with Crippen LogP contribution in [0, 0.1) is 5.82 Å². The Morgan fingerprint density at radius 2 is 2.12 bits per heavy atom. The van der Waals surface area contributed by atoms with Crippen LogP contribution in [-0.4, -0.2) is 21.6 Å².